The lowest BCUT2D eigenvalue weighted by Gasteiger charge is -2.36. The Morgan fingerprint density at radius 1 is 1.43 bits per heavy atom. The van der Waals surface area contributed by atoms with Gasteiger partial charge in [0, 0.05) is 13.1 Å². The summed E-state index contributed by atoms with van der Waals surface area (Å²) in [6.07, 6.45) is 0.937. The van der Waals surface area contributed by atoms with Crippen LogP contribution in [0.2, 0.25) is 0 Å². The number of morpholine rings is 1. The molecular formula is C18H28N2O3. The molecular weight excluding hydrogens is 292 g/mol. The highest BCUT2D eigenvalue weighted by atomic mass is 16.5. The first-order valence-electron chi connectivity index (χ1n) is 8.34. The molecule has 0 unspecified atom stereocenters. The van der Waals surface area contributed by atoms with Gasteiger partial charge in [-0.1, -0.05) is 18.2 Å². The van der Waals surface area contributed by atoms with Crippen LogP contribution in [0.15, 0.2) is 18.2 Å². The molecule has 2 N–H and O–H groups in total. The van der Waals surface area contributed by atoms with Crippen LogP contribution in [0.25, 0.3) is 0 Å². The molecule has 0 saturated carbocycles. The van der Waals surface area contributed by atoms with Gasteiger partial charge in [-0.05, 0) is 50.3 Å². The van der Waals surface area contributed by atoms with Crippen molar-refractivity contribution in [2.45, 2.75) is 45.8 Å². The molecule has 0 aromatic heterocycles. The number of benzene rings is 1. The molecule has 2 atom stereocenters. The Morgan fingerprint density at radius 3 is 2.78 bits per heavy atom. The second-order valence-electron chi connectivity index (χ2n) is 6.36. The standard InChI is InChI=1S/C18H28N2O3/c1-13-5-4-6-14(2)17(13)7-8-19-18(22)20-9-10-23-12-16(20)11-15(3)21/h4-6,15-16,21H,7-12H2,1-3H3,(H,19,22)/t15-,16-/m1/s1. The Labute approximate surface area is 138 Å². The van der Waals surface area contributed by atoms with E-state index < -0.39 is 6.10 Å². The molecule has 128 valence electrons. The van der Waals surface area contributed by atoms with Crippen molar-refractivity contribution in [2.75, 3.05) is 26.3 Å². The quantitative estimate of drug-likeness (QED) is 0.872. The third-order valence-corrected chi connectivity index (χ3v) is 4.40. The van der Waals surface area contributed by atoms with Crippen molar-refractivity contribution in [2.24, 2.45) is 0 Å². The Balaban J connectivity index is 1.88. The van der Waals surface area contributed by atoms with E-state index in [1.807, 2.05) is 0 Å². The van der Waals surface area contributed by atoms with Crippen molar-refractivity contribution in [3.05, 3.63) is 34.9 Å². The van der Waals surface area contributed by atoms with E-state index in [1.165, 1.54) is 16.7 Å². The number of aliphatic hydroxyl groups excluding tert-OH is 1. The number of amides is 2. The van der Waals surface area contributed by atoms with E-state index >= 15 is 0 Å². The summed E-state index contributed by atoms with van der Waals surface area (Å²) >= 11 is 0. The van der Waals surface area contributed by atoms with Crippen molar-refractivity contribution in [1.82, 2.24) is 10.2 Å². The lowest BCUT2D eigenvalue weighted by Crippen LogP contribution is -2.53. The average Bonchev–Trinajstić information content (AvgIpc) is 2.50. The molecule has 1 fully saturated rings. The third kappa shape index (κ3) is 4.94. The molecule has 1 aromatic carbocycles. The summed E-state index contributed by atoms with van der Waals surface area (Å²) < 4.78 is 5.44. The van der Waals surface area contributed by atoms with Gasteiger partial charge in [-0.3, -0.25) is 0 Å². The number of urea groups is 1. The highest BCUT2D eigenvalue weighted by Crippen LogP contribution is 2.15. The van der Waals surface area contributed by atoms with Gasteiger partial charge < -0.3 is 20.1 Å². The van der Waals surface area contributed by atoms with Gasteiger partial charge in [-0.2, -0.15) is 0 Å². The van der Waals surface area contributed by atoms with Gasteiger partial charge in [0.2, 0.25) is 0 Å². The number of ether oxygens (including phenoxy) is 1. The molecule has 5 nitrogen and oxygen atoms in total. The SMILES string of the molecule is Cc1cccc(C)c1CCNC(=O)N1CCOC[C@H]1C[C@@H](C)O. The summed E-state index contributed by atoms with van der Waals surface area (Å²) in [6, 6.07) is 6.14. The fourth-order valence-corrected chi connectivity index (χ4v) is 3.15. The number of carbonyl (C=O) groups is 1. The van der Waals surface area contributed by atoms with Crippen LogP contribution in [0, 0.1) is 13.8 Å². The Bertz CT molecular complexity index is 511. The molecule has 0 bridgehead atoms. The average molecular weight is 320 g/mol. The minimum absolute atomic E-state index is 0.0519. The van der Waals surface area contributed by atoms with Crippen LogP contribution in [0.1, 0.15) is 30.0 Å². The Hall–Kier alpha value is -1.59. The number of hydrogen-bond acceptors (Lipinski definition) is 3. The molecule has 0 radical (unpaired) electrons. The van der Waals surface area contributed by atoms with Crippen LogP contribution < -0.4 is 5.32 Å². The van der Waals surface area contributed by atoms with Gasteiger partial charge in [-0.15, -0.1) is 0 Å². The molecule has 1 aromatic rings. The summed E-state index contributed by atoms with van der Waals surface area (Å²) in [6.45, 7) is 8.19. The Morgan fingerprint density at radius 2 is 2.13 bits per heavy atom. The van der Waals surface area contributed by atoms with Crippen LogP contribution in [0.5, 0.6) is 0 Å². The molecule has 23 heavy (non-hydrogen) atoms. The number of nitrogens with one attached hydrogen (secondary N) is 1. The first kappa shape index (κ1) is 17.8. The van der Waals surface area contributed by atoms with E-state index in [9.17, 15) is 9.90 Å². The van der Waals surface area contributed by atoms with Crippen molar-refractivity contribution in [3.63, 3.8) is 0 Å². The molecule has 1 heterocycles. The van der Waals surface area contributed by atoms with Crippen LogP contribution in [0.3, 0.4) is 0 Å². The van der Waals surface area contributed by atoms with Gasteiger partial charge >= 0.3 is 6.03 Å². The van der Waals surface area contributed by atoms with Gasteiger partial charge in [0.05, 0.1) is 25.4 Å². The maximum Gasteiger partial charge on any atom is 0.317 e. The zero-order valence-electron chi connectivity index (χ0n) is 14.3. The molecule has 2 amide bonds. The van der Waals surface area contributed by atoms with E-state index in [0.29, 0.717) is 32.7 Å². The maximum absolute atomic E-state index is 12.4. The summed E-state index contributed by atoms with van der Waals surface area (Å²) in [5.41, 5.74) is 3.82. The highest BCUT2D eigenvalue weighted by molar-refractivity contribution is 5.74. The number of aliphatic hydroxyl groups is 1. The van der Waals surface area contributed by atoms with Gasteiger partial charge in [-0.25, -0.2) is 4.79 Å². The topological polar surface area (TPSA) is 61.8 Å². The van der Waals surface area contributed by atoms with Gasteiger partial charge in [0.15, 0.2) is 0 Å². The fraction of sp³-hybridized carbons (Fsp3) is 0.611. The summed E-state index contributed by atoms with van der Waals surface area (Å²) in [7, 11) is 0. The second-order valence-corrected chi connectivity index (χ2v) is 6.36. The van der Waals surface area contributed by atoms with Crippen LogP contribution in [-0.4, -0.2) is 54.5 Å². The molecule has 0 spiro atoms. The first-order chi connectivity index (χ1) is 11.0. The number of carbonyl (C=O) groups excluding carboxylic acids is 1. The number of nitrogens with zero attached hydrogens (tertiary/aromatic N) is 1. The molecule has 0 aliphatic carbocycles. The number of aryl methyl sites for hydroxylation is 2. The second kappa shape index (κ2) is 8.31. The van der Waals surface area contributed by atoms with Gasteiger partial charge in [0.1, 0.15) is 0 Å². The maximum atomic E-state index is 12.4. The normalized spacial score (nSPS) is 19.5. The molecule has 1 saturated heterocycles. The van der Waals surface area contributed by atoms with Crippen LogP contribution >= 0.6 is 0 Å². The van der Waals surface area contributed by atoms with Crippen LogP contribution in [0.4, 0.5) is 4.79 Å². The van der Waals surface area contributed by atoms with Crippen molar-refractivity contribution in [1.29, 1.82) is 0 Å². The minimum Gasteiger partial charge on any atom is -0.393 e. The highest BCUT2D eigenvalue weighted by Gasteiger charge is 2.28. The van der Waals surface area contributed by atoms with E-state index in [-0.39, 0.29) is 12.1 Å². The van der Waals surface area contributed by atoms with E-state index in [4.69, 9.17) is 4.74 Å². The van der Waals surface area contributed by atoms with E-state index in [1.54, 1.807) is 11.8 Å². The van der Waals surface area contributed by atoms with E-state index in [2.05, 4.69) is 37.4 Å². The summed E-state index contributed by atoms with van der Waals surface area (Å²) in [4.78, 5) is 14.2. The predicted octanol–water partition coefficient (Wildman–Crippen LogP) is 2.03. The lowest BCUT2D eigenvalue weighted by molar-refractivity contribution is -0.00425. The predicted molar refractivity (Wildman–Crippen MR) is 90.6 cm³/mol. The largest absolute Gasteiger partial charge is 0.393 e. The van der Waals surface area contributed by atoms with Crippen molar-refractivity contribution >= 4 is 6.03 Å². The Kier molecular flexibility index (Phi) is 6.42. The summed E-state index contributed by atoms with van der Waals surface area (Å²) in [5, 5.41) is 12.6. The first-order valence-corrected chi connectivity index (χ1v) is 8.34. The van der Waals surface area contributed by atoms with Crippen molar-refractivity contribution < 1.29 is 14.6 Å². The number of hydrogen-bond donors (Lipinski definition) is 2. The van der Waals surface area contributed by atoms with Crippen LogP contribution in [-0.2, 0) is 11.2 Å². The monoisotopic (exact) mass is 320 g/mol. The number of rotatable bonds is 5. The molecule has 1 aliphatic rings. The third-order valence-electron chi connectivity index (χ3n) is 4.40. The van der Waals surface area contributed by atoms with E-state index in [0.717, 1.165) is 6.42 Å². The lowest BCUT2D eigenvalue weighted by atomic mass is 10.0. The molecule has 1 aliphatic heterocycles. The zero-order valence-corrected chi connectivity index (χ0v) is 14.3. The minimum atomic E-state index is -0.438. The summed E-state index contributed by atoms with van der Waals surface area (Å²) in [5.74, 6) is 0. The fourth-order valence-electron chi connectivity index (χ4n) is 3.15. The van der Waals surface area contributed by atoms with Crippen molar-refractivity contribution in [3.8, 4) is 0 Å². The smallest absolute Gasteiger partial charge is 0.317 e. The molecule has 5 heteroatoms. The zero-order chi connectivity index (χ0) is 16.8. The molecule has 2 rings (SSSR count). The van der Waals surface area contributed by atoms with Gasteiger partial charge in [0.25, 0.3) is 0 Å².